The number of ether oxygens (including phenoxy) is 2. The lowest BCUT2D eigenvalue weighted by molar-refractivity contribution is -0.574. The second kappa shape index (κ2) is 21.4. The molecule has 0 amide bonds. The molecule has 0 unspecified atom stereocenters. The average molecular weight is 931 g/mol. The number of nitrogens with zero attached hydrogens (tertiary/aromatic N) is 2. The number of benzene rings is 5. The molecule has 0 atom stereocenters. The Morgan fingerprint density at radius 2 is 1.59 bits per heavy atom. The van der Waals surface area contributed by atoms with E-state index < -0.39 is 0 Å². The zero-order chi connectivity index (χ0) is 39.1. The number of aryl methyl sites for hydroxylation is 1. The third kappa shape index (κ3) is 12.7. The van der Waals surface area contributed by atoms with Crippen LogP contribution < -0.4 is 19.7 Å². The van der Waals surface area contributed by atoms with E-state index in [-0.39, 0.29) is 10.6 Å². The first-order chi connectivity index (χ1) is 27.3. The summed E-state index contributed by atoms with van der Waals surface area (Å²) in [4.78, 5) is 17.7. The van der Waals surface area contributed by atoms with E-state index in [0.29, 0.717) is 19.8 Å². The van der Waals surface area contributed by atoms with Crippen LogP contribution in [0, 0.1) is 17.0 Å². The van der Waals surface area contributed by atoms with Crippen LogP contribution in [0.4, 0.5) is 17.1 Å². The molecule has 1 heterocycles. The number of quaternary nitrogens is 1. The smallest absolute Gasteiger partial charge is 0.270 e. The van der Waals surface area contributed by atoms with Crippen molar-refractivity contribution in [2.24, 2.45) is 0 Å². The van der Waals surface area contributed by atoms with Gasteiger partial charge in [0, 0.05) is 47.6 Å². The van der Waals surface area contributed by atoms with Gasteiger partial charge in [0.05, 0.1) is 27.1 Å². The minimum Gasteiger partial charge on any atom is -0.492 e. The molecule has 0 saturated carbocycles. The van der Waals surface area contributed by atoms with Gasteiger partial charge >= 0.3 is 0 Å². The van der Waals surface area contributed by atoms with E-state index in [1.165, 1.54) is 27.9 Å². The minimum atomic E-state index is -0.352. The molecule has 0 aromatic heterocycles. The van der Waals surface area contributed by atoms with Crippen molar-refractivity contribution in [3.05, 3.63) is 186 Å². The summed E-state index contributed by atoms with van der Waals surface area (Å²) in [5.74, 6) is 2.47. The number of nitrogens with two attached hydrogens (primary N) is 1. The van der Waals surface area contributed by atoms with E-state index in [0.717, 1.165) is 58.2 Å². The molecule has 5 aromatic carbocycles. The van der Waals surface area contributed by atoms with Crippen LogP contribution in [0.5, 0.6) is 11.5 Å². The van der Waals surface area contributed by atoms with E-state index in [1.54, 1.807) is 23.9 Å². The van der Waals surface area contributed by atoms with Crippen LogP contribution >= 0.6 is 67.1 Å². The van der Waals surface area contributed by atoms with Crippen LogP contribution in [0.25, 0.3) is 0 Å². The average Bonchev–Trinajstić information content (AvgIpc) is 3.55. The highest BCUT2D eigenvalue weighted by Gasteiger charge is 2.27. The Morgan fingerprint density at radius 3 is 2.30 bits per heavy atom. The van der Waals surface area contributed by atoms with E-state index >= 15 is 0 Å². The van der Waals surface area contributed by atoms with Crippen LogP contribution in [0.3, 0.4) is 0 Å². The Hall–Kier alpha value is -4.17. The molecule has 5 aromatic rings. The maximum atomic E-state index is 11.6. The highest BCUT2D eigenvalue weighted by atomic mass is 79.9. The molecule has 6 rings (SSSR count). The summed E-state index contributed by atoms with van der Waals surface area (Å²) in [7, 11) is 0. The van der Waals surface area contributed by atoms with Crippen molar-refractivity contribution in [3.8, 4) is 11.5 Å². The van der Waals surface area contributed by atoms with Crippen molar-refractivity contribution in [1.82, 2.24) is 0 Å². The van der Waals surface area contributed by atoms with Crippen molar-refractivity contribution in [2.75, 3.05) is 37.0 Å². The minimum absolute atomic E-state index is 0.0764. The Kier molecular flexibility index (Phi) is 15.8. The highest BCUT2D eigenvalue weighted by molar-refractivity contribution is 9.10. The van der Waals surface area contributed by atoms with Crippen LogP contribution in [-0.2, 0) is 0 Å². The molecule has 56 heavy (non-hydrogen) atoms. The Morgan fingerprint density at radius 1 is 0.875 bits per heavy atom. The van der Waals surface area contributed by atoms with E-state index in [4.69, 9.17) is 9.47 Å². The summed E-state index contributed by atoms with van der Waals surface area (Å²) in [5, 5.41) is 14.8. The third-order valence-electron chi connectivity index (χ3n) is 8.27. The monoisotopic (exact) mass is 928 g/mol. The fourth-order valence-corrected chi connectivity index (χ4v) is 9.03. The van der Waals surface area contributed by atoms with E-state index in [1.807, 2.05) is 90.6 Å². The molecule has 7 nitrogen and oxygen atoms in total. The highest BCUT2D eigenvalue weighted by Crippen LogP contribution is 2.47. The SMILES string of the molecule is Cc1ccc([NH2+]CCOc2ccc(Br)cc2)c(SC/C=C/C=C(/C=C/C=C2\Sc3cc([N+](=O)[O-])ccc3N2CCOc2ccc(Br)cc2)Sc2ccccc2)c1. The Labute approximate surface area is 357 Å². The summed E-state index contributed by atoms with van der Waals surface area (Å²) < 4.78 is 14.0. The maximum Gasteiger partial charge on any atom is 0.270 e. The first-order valence-corrected chi connectivity index (χ1v) is 22.1. The zero-order valence-electron chi connectivity index (χ0n) is 30.6. The number of hydrogen-bond donors (Lipinski definition) is 1. The second-order valence-corrected chi connectivity index (χ2v) is 17.5. The molecule has 0 bridgehead atoms. The predicted molar refractivity (Wildman–Crippen MR) is 241 cm³/mol. The number of nitro benzene ring substituents is 1. The van der Waals surface area contributed by atoms with Crippen LogP contribution in [0.1, 0.15) is 5.56 Å². The van der Waals surface area contributed by atoms with Gasteiger partial charge in [-0.25, -0.2) is 0 Å². The third-order valence-corrected chi connectivity index (χ3v) is 12.5. The maximum absolute atomic E-state index is 11.6. The molecule has 1 aliphatic heterocycles. The Balaban J connectivity index is 1.12. The molecule has 0 saturated heterocycles. The number of nitro groups is 1. The summed E-state index contributed by atoms with van der Waals surface area (Å²) in [6.07, 6.45) is 12.7. The van der Waals surface area contributed by atoms with Gasteiger partial charge in [-0.05, 0) is 104 Å². The number of anilines is 1. The van der Waals surface area contributed by atoms with Crippen LogP contribution in [-0.4, -0.2) is 37.0 Å². The van der Waals surface area contributed by atoms with Gasteiger partial charge < -0.3 is 19.7 Å². The first-order valence-electron chi connectivity index (χ1n) is 17.9. The number of rotatable bonds is 18. The summed E-state index contributed by atoms with van der Waals surface area (Å²) >= 11 is 12.0. The lowest BCUT2D eigenvalue weighted by Gasteiger charge is -2.20. The summed E-state index contributed by atoms with van der Waals surface area (Å²) in [6.45, 7) is 4.58. The number of thioether (sulfide) groups is 3. The van der Waals surface area contributed by atoms with Gasteiger partial charge in [0.25, 0.3) is 5.69 Å². The van der Waals surface area contributed by atoms with Gasteiger partial charge in [0.15, 0.2) is 0 Å². The molecule has 0 fully saturated rings. The summed E-state index contributed by atoms with van der Waals surface area (Å²) in [6, 6.07) is 37.6. The topological polar surface area (TPSA) is 81.5 Å². The normalized spacial score (nSPS) is 13.5. The fraction of sp³-hybridized carbons (Fsp3) is 0.136. The quantitative estimate of drug-likeness (QED) is 0.0232. The van der Waals surface area contributed by atoms with Crippen molar-refractivity contribution in [2.45, 2.75) is 21.6 Å². The van der Waals surface area contributed by atoms with Crippen LogP contribution in [0.15, 0.2) is 185 Å². The van der Waals surface area contributed by atoms with Gasteiger partial charge in [-0.1, -0.05) is 97.9 Å². The number of allylic oxidation sites excluding steroid dienone is 5. The first kappa shape index (κ1) is 41.5. The van der Waals surface area contributed by atoms with Gasteiger partial charge in [0.1, 0.15) is 36.9 Å². The van der Waals surface area contributed by atoms with Crippen molar-refractivity contribution < 1.29 is 19.7 Å². The number of halogens is 2. The van der Waals surface area contributed by atoms with Crippen molar-refractivity contribution in [1.29, 1.82) is 0 Å². The van der Waals surface area contributed by atoms with Gasteiger partial charge in [-0.3, -0.25) is 10.1 Å². The molecular weight excluding hydrogens is 891 g/mol. The predicted octanol–water partition coefficient (Wildman–Crippen LogP) is 12.1. The van der Waals surface area contributed by atoms with Crippen molar-refractivity contribution >= 4 is 84.2 Å². The standard InChI is InChI=1S/C44H39Br2N3O4S3/c1-32-13-23-40(47-25-27-52-36-19-14-33(45)15-20-36)42(30-32)54-29-6-5-10-39(55-38-8-3-2-4-9-38)11-7-12-44-48(26-28-53-37-21-16-34(46)17-22-37)41-24-18-35(49(50)51)31-43(41)56-44/h2-24,30-31,47H,25-29H2,1H3/p+1/b6-5+,11-7+,39-10-,44-12-. The van der Waals surface area contributed by atoms with Gasteiger partial charge in [0.2, 0.25) is 0 Å². The molecule has 0 spiro atoms. The lowest BCUT2D eigenvalue weighted by atomic mass is 10.2. The van der Waals surface area contributed by atoms with Gasteiger partial charge in [-0.15, -0.1) is 11.8 Å². The fourth-order valence-electron chi connectivity index (χ4n) is 5.53. The molecule has 12 heteroatoms. The Bertz CT molecular complexity index is 2210. The molecule has 2 N–H and O–H groups in total. The summed E-state index contributed by atoms with van der Waals surface area (Å²) in [5.41, 5.74) is 3.46. The number of fused-ring (bicyclic) bond motifs is 1. The number of non-ortho nitro benzene ring substituents is 1. The van der Waals surface area contributed by atoms with E-state index in [2.05, 4.69) is 110 Å². The zero-order valence-corrected chi connectivity index (χ0v) is 36.2. The molecule has 0 radical (unpaired) electrons. The number of hydrogen-bond acceptors (Lipinski definition) is 8. The van der Waals surface area contributed by atoms with Crippen LogP contribution in [0.2, 0.25) is 0 Å². The lowest BCUT2D eigenvalue weighted by Crippen LogP contribution is -2.79. The molecular formula is C44H40Br2N3O4S3+. The van der Waals surface area contributed by atoms with E-state index in [9.17, 15) is 10.1 Å². The van der Waals surface area contributed by atoms with Gasteiger partial charge in [-0.2, -0.15) is 0 Å². The largest absolute Gasteiger partial charge is 0.492 e. The molecule has 0 aliphatic carbocycles. The van der Waals surface area contributed by atoms with Crippen molar-refractivity contribution in [3.63, 3.8) is 0 Å². The second-order valence-electron chi connectivity index (χ2n) is 12.4. The molecule has 1 aliphatic rings. The molecule has 286 valence electrons.